The van der Waals surface area contributed by atoms with Crippen molar-refractivity contribution in [2.24, 2.45) is 5.41 Å². The van der Waals surface area contributed by atoms with E-state index in [1.165, 1.54) is 0 Å². The highest BCUT2D eigenvalue weighted by Crippen LogP contribution is 2.73. The van der Waals surface area contributed by atoms with Crippen molar-refractivity contribution in [2.75, 3.05) is 24.7 Å². The molecule has 7 N–H and O–H groups in total. The van der Waals surface area contributed by atoms with Crippen LogP contribution in [0, 0.1) is 17.9 Å². The molecule has 0 radical (unpaired) electrons. The molecule has 3 aliphatic heterocycles. The van der Waals surface area contributed by atoms with Gasteiger partial charge in [-0.1, -0.05) is 6.42 Å². The van der Waals surface area contributed by atoms with E-state index in [-0.39, 0.29) is 40.0 Å². The number of imidazole rings is 2. The molecule has 3 saturated heterocycles. The molecule has 22 nitrogen and oxygen atoms in total. The number of nitrogen functional groups attached to an aromatic ring is 2. The number of nitrogens with two attached hydrogens (primary N) is 2. The monoisotopic (exact) mass is 744 g/mol. The summed E-state index contributed by atoms with van der Waals surface area (Å²) < 4.78 is 97.6. The number of aliphatic hydroxyl groups is 1. The van der Waals surface area contributed by atoms with E-state index in [1.807, 2.05) is 6.11 Å². The van der Waals surface area contributed by atoms with Gasteiger partial charge >= 0.3 is 15.6 Å². The fraction of sp³-hybridized carbons (Fsp3) is 0.500. The number of aromatic nitrogens is 8. The number of fused-ring (bicyclic) bond motifs is 3. The molecule has 4 aromatic heterocycles. The van der Waals surface area contributed by atoms with E-state index in [4.69, 9.17) is 50.2 Å². The van der Waals surface area contributed by atoms with Crippen LogP contribution in [0.15, 0.2) is 19.0 Å². The van der Waals surface area contributed by atoms with Gasteiger partial charge in [-0.25, -0.2) is 37.8 Å². The summed E-state index contributed by atoms with van der Waals surface area (Å²) >= 11 is 0. The second-order valence-corrected chi connectivity index (χ2v) is 14.4. The van der Waals surface area contributed by atoms with Crippen LogP contribution in [-0.4, -0.2) is 104 Å². The standard InChI is InChI=1S/C24H24F2N10O12P2/c1-2-42-19-12-18(33-22(28)34-19)36(8-32-12)20-13(37)14-9(45-20)3-43-50(40,41)48-15-21(35-7-31-11-16(27)29-6-30-17(11)35)46-10(4-44-49(38,39)47-14)23(15)5-24(23,25)26/h1,6-10,13-15,20-21,37H,3-5H2,(H,38,39)(H,40,41)(H2,27,29,30)(H2,28,33,34)/t9-,10-,13-,14-,15+,20-,21-,23-/m1/s1. The first kappa shape index (κ1) is 33.2. The van der Waals surface area contributed by atoms with E-state index >= 15 is 8.78 Å². The lowest BCUT2D eigenvalue weighted by atomic mass is 9.94. The number of halogens is 2. The van der Waals surface area contributed by atoms with Gasteiger partial charge in [-0.2, -0.15) is 9.97 Å². The molecule has 0 aromatic carbocycles. The van der Waals surface area contributed by atoms with Gasteiger partial charge in [0.1, 0.15) is 42.4 Å². The molecule has 50 heavy (non-hydrogen) atoms. The summed E-state index contributed by atoms with van der Waals surface area (Å²) in [5.74, 6) is -4.14. The van der Waals surface area contributed by atoms with Gasteiger partial charge in [-0.05, 0) is 0 Å². The van der Waals surface area contributed by atoms with Gasteiger partial charge in [0.25, 0.3) is 11.8 Å². The maximum Gasteiger partial charge on any atom is 0.472 e. The smallest absolute Gasteiger partial charge is 0.386 e. The Morgan fingerprint density at radius 2 is 1.64 bits per heavy atom. The summed E-state index contributed by atoms with van der Waals surface area (Å²) in [6, 6.07) is 0. The van der Waals surface area contributed by atoms with Crippen molar-refractivity contribution in [3.05, 3.63) is 19.0 Å². The quantitative estimate of drug-likeness (QED) is 0.136. The van der Waals surface area contributed by atoms with Gasteiger partial charge in [0.2, 0.25) is 5.95 Å². The van der Waals surface area contributed by atoms with E-state index in [0.29, 0.717) is 0 Å². The van der Waals surface area contributed by atoms with Crippen molar-refractivity contribution in [1.82, 2.24) is 39.0 Å². The van der Waals surface area contributed by atoms with Crippen molar-refractivity contribution < 1.29 is 65.1 Å². The largest absolute Gasteiger partial charge is 0.472 e. The number of ether oxygens (including phenoxy) is 3. The van der Waals surface area contributed by atoms with Gasteiger partial charge in [0, 0.05) is 6.42 Å². The van der Waals surface area contributed by atoms with E-state index in [2.05, 4.69) is 29.9 Å². The summed E-state index contributed by atoms with van der Waals surface area (Å²) in [7, 11) is -10.6. The van der Waals surface area contributed by atoms with Gasteiger partial charge < -0.3 is 40.6 Å². The molecule has 0 amide bonds. The summed E-state index contributed by atoms with van der Waals surface area (Å²) in [5, 5.41) is 11.3. The maximum atomic E-state index is 15.3. The van der Waals surface area contributed by atoms with Crippen LogP contribution in [0.5, 0.6) is 5.88 Å². The molecule has 4 aliphatic rings. The Balaban J connectivity index is 1.14. The lowest BCUT2D eigenvalue weighted by molar-refractivity contribution is -0.0673. The van der Waals surface area contributed by atoms with Crippen LogP contribution in [0.2, 0.25) is 0 Å². The minimum absolute atomic E-state index is 0.00186. The Bertz CT molecular complexity index is 2170. The lowest BCUT2D eigenvalue weighted by Gasteiger charge is -2.27. The molecule has 4 fully saturated rings. The van der Waals surface area contributed by atoms with Crippen LogP contribution in [-0.2, 0) is 36.7 Å². The minimum Gasteiger partial charge on any atom is -0.386 e. The number of aliphatic hydroxyl groups excluding tert-OH is 1. The van der Waals surface area contributed by atoms with Crippen molar-refractivity contribution in [3.8, 4) is 18.4 Å². The van der Waals surface area contributed by atoms with Crippen molar-refractivity contribution >= 4 is 49.7 Å². The number of phosphoric acid groups is 2. The molecule has 1 aliphatic carbocycles. The number of hydrogen-bond acceptors (Lipinski definition) is 18. The average molecular weight is 744 g/mol. The van der Waals surface area contributed by atoms with Crippen LogP contribution in [0.1, 0.15) is 18.9 Å². The normalized spacial score (nSPS) is 38.3. The summed E-state index contributed by atoms with van der Waals surface area (Å²) in [5.41, 5.74) is 9.28. The molecule has 8 rings (SSSR count). The summed E-state index contributed by atoms with van der Waals surface area (Å²) in [4.78, 5) is 45.7. The Kier molecular flexibility index (Phi) is 7.47. The molecule has 2 unspecified atom stereocenters. The van der Waals surface area contributed by atoms with Crippen LogP contribution < -0.4 is 16.2 Å². The van der Waals surface area contributed by atoms with Crippen LogP contribution in [0.25, 0.3) is 22.3 Å². The number of phosphoric ester groups is 2. The molecular weight excluding hydrogens is 720 g/mol. The van der Waals surface area contributed by atoms with Gasteiger partial charge in [0.15, 0.2) is 35.1 Å². The number of nitrogens with zero attached hydrogens (tertiary/aromatic N) is 8. The van der Waals surface area contributed by atoms with Gasteiger partial charge in [-0.3, -0.25) is 27.2 Å². The lowest BCUT2D eigenvalue weighted by Crippen LogP contribution is -2.37. The number of hydrogen-bond donors (Lipinski definition) is 5. The Morgan fingerprint density at radius 1 is 0.960 bits per heavy atom. The van der Waals surface area contributed by atoms with Gasteiger partial charge in [0.05, 0.1) is 37.4 Å². The number of alkyl halides is 2. The van der Waals surface area contributed by atoms with E-state index in [1.54, 1.807) is 0 Å². The molecule has 1 spiro atoms. The summed E-state index contributed by atoms with van der Waals surface area (Å²) in [6.45, 7) is -1.96. The predicted octanol–water partition coefficient (Wildman–Crippen LogP) is -0.000800. The first-order valence-electron chi connectivity index (χ1n) is 14.4. The van der Waals surface area contributed by atoms with Crippen molar-refractivity contribution in [2.45, 2.75) is 55.3 Å². The Hall–Kier alpha value is -3.98. The molecular formula is C24H24F2N10O12P2. The van der Waals surface area contributed by atoms with Crippen LogP contribution >= 0.6 is 15.6 Å². The fourth-order valence-electron chi connectivity index (χ4n) is 6.50. The fourth-order valence-corrected chi connectivity index (χ4v) is 8.43. The molecule has 4 aromatic rings. The average Bonchev–Trinajstić information content (AvgIpc) is 3.54. The topological polar surface area (TPSA) is 299 Å². The van der Waals surface area contributed by atoms with E-state index in [0.717, 1.165) is 28.1 Å². The second-order valence-electron chi connectivity index (χ2n) is 11.6. The van der Waals surface area contributed by atoms with Crippen LogP contribution in [0.4, 0.5) is 20.5 Å². The maximum absolute atomic E-state index is 15.3. The van der Waals surface area contributed by atoms with Crippen molar-refractivity contribution in [3.63, 3.8) is 0 Å². The highest BCUT2D eigenvalue weighted by atomic mass is 31.2. The number of rotatable bonds is 3. The Morgan fingerprint density at radius 3 is 2.36 bits per heavy atom. The molecule has 10 atom stereocenters. The SMILES string of the molecule is C#COc1nc(N)nc2c1ncn2[C@@H]1O[C@@H]2COP(=O)(O)O[C@H]3[C@H](n4cnc5c(N)ncnc54)O[C@H](COP(=O)(O)O[C@H]2[C@H]1O)[C@]31CC1(F)F. The molecule has 2 bridgehead atoms. The number of terminal acetylenes is 1. The van der Waals surface area contributed by atoms with Gasteiger partial charge in [-0.15, -0.1) is 0 Å². The molecule has 266 valence electrons. The van der Waals surface area contributed by atoms with E-state index < -0.39 is 89.6 Å². The number of anilines is 2. The third-order valence-corrected chi connectivity index (χ3v) is 10.8. The predicted molar refractivity (Wildman–Crippen MR) is 156 cm³/mol. The first-order valence-corrected chi connectivity index (χ1v) is 17.4. The van der Waals surface area contributed by atoms with Crippen LogP contribution in [0.3, 0.4) is 0 Å². The molecule has 26 heteroatoms. The zero-order valence-corrected chi connectivity index (χ0v) is 26.7. The zero-order chi connectivity index (χ0) is 35.4. The summed E-state index contributed by atoms with van der Waals surface area (Å²) in [6.07, 6.45) is -2.54. The second kappa shape index (κ2) is 11.3. The van der Waals surface area contributed by atoms with E-state index in [9.17, 15) is 24.0 Å². The minimum atomic E-state index is -5.33. The zero-order valence-electron chi connectivity index (χ0n) is 24.9. The highest BCUT2D eigenvalue weighted by molar-refractivity contribution is 7.47. The molecule has 1 saturated carbocycles. The van der Waals surface area contributed by atoms with Crippen molar-refractivity contribution in [1.29, 1.82) is 0 Å². The first-order chi connectivity index (χ1) is 23.6. The molecule has 7 heterocycles. The third-order valence-electron chi connectivity index (χ3n) is 8.82. The highest BCUT2D eigenvalue weighted by Gasteiger charge is 2.84. The Labute approximate surface area is 276 Å². The third kappa shape index (κ3) is 5.13.